The third-order valence-electron chi connectivity index (χ3n) is 5.89. The van der Waals surface area contributed by atoms with Gasteiger partial charge < -0.3 is 10.2 Å². The Morgan fingerprint density at radius 2 is 1.93 bits per heavy atom. The van der Waals surface area contributed by atoms with E-state index in [1.165, 1.54) is 21.4 Å². The lowest BCUT2D eigenvalue weighted by Crippen LogP contribution is -2.41. The zero-order valence-corrected chi connectivity index (χ0v) is 18.0. The quantitative estimate of drug-likeness (QED) is 0.619. The van der Waals surface area contributed by atoms with Crippen molar-refractivity contribution in [1.29, 1.82) is 0 Å². The van der Waals surface area contributed by atoms with Crippen molar-refractivity contribution >= 4 is 33.3 Å². The van der Waals surface area contributed by atoms with Crippen LogP contribution in [0.1, 0.15) is 35.3 Å². The highest BCUT2D eigenvalue weighted by atomic mass is 32.1. The van der Waals surface area contributed by atoms with Gasteiger partial charge in [0.05, 0.1) is 5.39 Å². The number of benzene rings is 1. The smallest absolute Gasteiger partial charge is 0.223 e. The molecule has 152 valence electrons. The number of hydrogen-bond donors (Lipinski definition) is 1. The van der Waals surface area contributed by atoms with Crippen molar-refractivity contribution in [3.05, 3.63) is 52.7 Å². The molecule has 1 aromatic carbocycles. The maximum Gasteiger partial charge on any atom is 0.223 e. The second kappa shape index (κ2) is 8.91. The number of aromatic nitrogens is 2. The van der Waals surface area contributed by atoms with Gasteiger partial charge in [0.2, 0.25) is 5.91 Å². The van der Waals surface area contributed by atoms with E-state index < -0.39 is 0 Å². The number of nitrogens with zero attached hydrogens (tertiary/aromatic N) is 3. The van der Waals surface area contributed by atoms with Gasteiger partial charge in [0.1, 0.15) is 17.0 Å². The highest BCUT2D eigenvalue weighted by Gasteiger charge is 2.27. The molecule has 4 rings (SSSR count). The zero-order valence-electron chi connectivity index (χ0n) is 17.1. The summed E-state index contributed by atoms with van der Waals surface area (Å²) in [5.74, 6) is 1.33. The zero-order chi connectivity index (χ0) is 20.2. The predicted molar refractivity (Wildman–Crippen MR) is 120 cm³/mol. The average Bonchev–Trinajstić information content (AvgIpc) is 3.06. The molecule has 1 saturated heterocycles. The Balaban J connectivity index is 1.29. The first-order chi connectivity index (χ1) is 14.1. The molecular weight excluding hydrogens is 380 g/mol. The van der Waals surface area contributed by atoms with Crippen molar-refractivity contribution in [2.45, 2.75) is 39.5 Å². The molecular formula is C23H28N4OS. The van der Waals surface area contributed by atoms with E-state index in [0.717, 1.165) is 56.0 Å². The van der Waals surface area contributed by atoms with Crippen LogP contribution in [0.2, 0.25) is 0 Å². The topological polar surface area (TPSA) is 58.1 Å². The van der Waals surface area contributed by atoms with Gasteiger partial charge in [0.15, 0.2) is 0 Å². The Bertz CT molecular complexity index is 977. The first-order valence-corrected chi connectivity index (χ1v) is 11.2. The molecule has 1 N–H and O–H groups in total. The molecule has 29 heavy (non-hydrogen) atoms. The van der Waals surface area contributed by atoms with Crippen LogP contribution >= 0.6 is 11.3 Å². The first-order valence-electron chi connectivity index (χ1n) is 10.4. The van der Waals surface area contributed by atoms with E-state index in [0.29, 0.717) is 0 Å². The summed E-state index contributed by atoms with van der Waals surface area (Å²) in [5, 5.41) is 4.32. The van der Waals surface area contributed by atoms with Gasteiger partial charge >= 0.3 is 0 Å². The molecule has 6 heteroatoms. The minimum absolute atomic E-state index is 0.102. The number of carbonyl (C=O) groups is 1. The van der Waals surface area contributed by atoms with Crippen LogP contribution in [-0.2, 0) is 11.2 Å². The Morgan fingerprint density at radius 3 is 2.69 bits per heavy atom. The van der Waals surface area contributed by atoms with Crippen molar-refractivity contribution in [1.82, 2.24) is 15.3 Å². The lowest BCUT2D eigenvalue weighted by molar-refractivity contribution is -0.125. The Morgan fingerprint density at radius 1 is 1.17 bits per heavy atom. The average molecular weight is 409 g/mol. The van der Waals surface area contributed by atoms with E-state index in [1.54, 1.807) is 17.7 Å². The van der Waals surface area contributed by atoms with Gasteiger partial charge in [-0.2, -0.15) is 0 Å². The standard InChI is InChI=1S/C23H28N4OS/c1-16-17(2)29-23-20(16)21(25-15-26-23)27-13-10-19(11-14-27)22(28)24-12-6-9-18-7-4-3-5-8-18/h3-5,7-8,15,19H,6,9-14H2,1-2H3,(H,24,28). The Labute approximate surface area is 176 Å². The number of anilines is 1. The Kier molecular flexibility index (Phi) is 6.09. The molecule has 0 unspecified atom stereocenters. The SMILES string of the molecule is Cc1sc2ncnc(N3CCC(C(=O)NCCCc4ccccc4)CC3)c2c1C. The van der Waals surface area contributed by atoms with Crippen LogP contribution in [-0.4, -0.2) is 35.5 Å². The van der Waals surface area contributed by atoms with Gasteiger partial charge in [0, 0.05) is 30.4 Å². The van der Waals surface area contributed by atoms with Gasteiger partial charge in [-0.15, -0.1) is 11.3 Å². The number of amides is 1. The first kappa shape index (κ1) is 19.8. The molecule has 0 bridgehead atoms. The lowest BCUT2D eigenvalue weighted by atomic mass is 9.95. The Hall–Kier alpha value is -2.47. The van der Waals surface area contributed by atoms with Crippen LogP contribution in [0.4, 0.5) is 5.82 Å². The number of thiophene rings is 1. The summed E-state index contributed by atoms with van der Waals surface area (Å²) in [6, 6.07) is 10.4. The molecule has 3 aromatic rings. The maximum absolute atomic E-state index is 12.6. The van der Waals surface area contributed by atoms with Gasteiger partial charge in [-0.25, -0.2) is 9.97 Å². The molecule has 5 nitrogen and oxygen atoms in total. The molecule has 1 amide bonds. The molecule has 0 radical (unpaired) electrons. The highest BCUT2D eigenvalue weighted by molar-refractivity contribution is 7.18. The summed E-state index contributed by atoms with van der Waals surface area (Å²) < 4.78 is 0. The number of fused-ring (bicyclic) bond motifs is 1. The second-order valence-corrected chi connectivity index (χ2v) is 9.01. The maximum atomic E-state index is 12.6. The third-order valence-corrected chi connectivity index (χ3v) is 7.01. The van der Waals surface area contributed by atoms with Gasteiger partial charge in [-0.1, -0.05) is 30.3 Å². The molecule has 1 fully saturated rings. The monoisotopic (exact) mass is 408 g/mol. The van der Waals surface area contributed by atoms with Crippen LogP contribution in [0.15, 0.2) is 36.7 Å². The van der Waals surface area contributed by atoms with E-state index in [1.807, 2.05) is 6.07 Å². The summed E-state index contributed by atoms with van der Waals surface area (Å²) in [6.07, 6.45) is 5.39. The van der Waals surface area contributed by atoms with E-state index in [9.17, 15) is 4.79 Å². The number of hydrogen-bond acceptors (Lipinski definition) is 5. The van der Waals surface area contributed by atoms with Crippen molar-refractivity contribution < 1.29 is 4.79 Å². The fourth-order valence-corrected chi connectivity index (χ4v) is 5.04. The van der Waals surface area contributed by atoms with Crippen molar-refractivity contribution in [3.8, 4) is 0 Å². The summed E-state index contributed by atoms with van der Waals surface area (Å²) >= 11 is 1.73. The molecule has 0 saturated carbocycles. The van der Waals surface area contributed by atoms with Crippen LogP contribution < -0.4 is 10.2 Å². The fraction of sp³-hybridized carbons (Fsp3) is 0.435. The summed E-state index contributed by atoms with van der Waals surface area (Å²) in [7, 11) is 0. The van der Waals surface area contributed by atoms with E-state index in [-0.39, 0.29) is 11.8 Å². The van der Waals surface area contributed by atoms with Gasteiger partial charge in [-0.3, -0.25) is 4.79 Å². The normalized spacial score (nSPS) is 15.0. The van der Waals surface area contributed by atoms with Crippen molar-refractivity contribution in [2.75, 3.05) is 24.5 Å². The molecule has 0 spiro atoms. The molecule has 0 atom stereocenters. The van der Waals surface area contributed by atoms with Crippen LogP contribution in [0, 0.1) is 19.8 Å². The van der Waals surface area contributed by atoms with Gasteiger partial charge in [0.25, 0.3) is 0 Å². The van der Waals surface area contributed by atoms with Gasteiger partial charge in [-0.05, 0) is 50.7 Å². The number of nitrogens with one attached hydrogen (secondary N) is 1. The number of piperidine rings is 1. The third kappa shape index (κ3) is 4.42. The molecule has 0 aliphatic carbocycles. The van der Waals surface area contributed by atoms with E-state index in [4.69, 9.17) is 0 Å². The molecule has 1 aliphatic rings. The molecule has 3 heterocycles. The van der Waals surface area contributed by atoms with Crippen molar-refractivity contribution in [2.24, 2.45) is 5.92 Å². The summed E-state index contributed by atoms with van der Waals surface area (Å²) in [6.45, 7) is 6.76. The van der Waals surface area contributed by atoms with Crippen LogP contribution in [0.25, 0.3) is 10.2 Å². The second-order valence-electron chi connectivity index (χ2n) is 7.80. The largest absolute Gasteiger partial charge is 0.356 e. The summed E-state index contributed by atoms with van der Waals surface area (Å²) in [4.78, 5) is 26.3. The minimum Gasteiger partial charge on any atom is -0.356 e. The molecule has 1 aliphatic heterocycles. The number of rotatable bonds is 6. The molecule has 2 aromatic heterocycles. The van der Waals surface area contributed by atoms with E-state index in [2.05, 4.69) is 58.3 Å². The number of aryl methyl sites for hydroxylation is 3. The lowest BCUT2D eigenvalue weighted by Gasteiger charge is -2.32. The highest BCUT2D eigenvalue weighted by Crippen LogP contribution is 2.35. The minimum atomic E-state index is 0.102. The predicted octanol–water partition coefficient (Wildman–Crippen LogP) is 4.27. The van der Waals surface area contributed by atoms with Crippen LogP contribution in [0.3, 0.4) is 0 Å². The fourth-order valence-electron chi connectivity index (χ4n) is 4.05. The van der Waals surface area contributed by atoms with Crippen molar-refractivity contribution in [3.63, 3.8) is 0 Å². The number of carbonyl (C=O) groups excluding carboxylic acids is 1. The van der Waals surface area contributed by atoms with Crippen LogP contribution in [0.5, 0.6) is 0 Å². The van der Waals surface area contributed by atoms with E-state index >= 15 is 0 Å². The summed E-state index contributed by atoms with van der Waals surface area (Å²) in [5.41, 5.74) is 2.60.